The minimum Gasteiger partial charge on any atom is -0.482 e. The molecule has 0 bridgehead atoms. The highest BCUT2D eigenvalue weighted by Crippen LogP contribution is 2.35. The van der Waals surface area contributed by atoms with Gasteiger partial charge in [0.25, 0.3) is 5.91 Å². The molecule has 0 spiro atoms. The first-order valence-corrected chi connectivity index (χ1v) is 10.1. The Morgan fingerprint density at radius 1 is 1.00 bits per heavy atom. The van der Waals surface area contributed by atoms with Gasteiger partial charge in [-0.2, -0.15) is 0 Å². The summed E-state index contributed by atoms with van der Waals surface area (Å²) in [5.41, 5.74) is -0.135. The summed E-state index contributed by atoms with van der Waals surface area (Å²) in [5.74, 6) is -2.78. The van der Waals surface area contributed by atoms with Crippen molar-refractivity contribution < 1.29 is 38.1 Å². The predicted molar refractivity (Wildman–Crippen MR) is 113 cm³/mol. The molecular formula is C19H17Cl2NO8S. The number of amides is 1. The number of benzene rings is 1. The smallest absolute Gasteiger partial charge is 0.348 e. The Kier molecular flexibility index (Phi) is 8.66. The lowest BCUT2D eigenvalue weighted by molar-refractivity contribution is -0.139. The molecule has 1 aromatic heterocycles. The van der Waals surface area contributed by atoms with Gasteiger partial charge in [-0.3, -0.25) is 9.59 Å². The van der Waals surface area contributed by atoms with Crippen LogP contribution in [0.3, 0.4) is 0 Å². The quantitative estimate of drug-likeness (QED) is 0.442. The molecule has 12 heteroatoms. The maximum Gasteiger partial charge on any atom is 0.348 e. The molecule has 0 saturated carbocycles. The van der Waals surface area contributed by atoms with Crippen LogP contribution in [-0.4, -0.2) is 51.8 Å². The summed E-state index contributed by atoms with van der Waals surface area (Å²) < 4.78 is 19.4. The predicted octanol–water partition coefficient (Wildman–Crippen LogP) is 3.36. The van der Waals surface area contributed by atoms with E-state index >= 15 is 0 Å². The van der Waals surface area contributed by atoms with Gasteiger partial charge in [0.1, 0.15) is 15.6 Å². The van der Waals surface area contributed by atoms with Crippen LogP contribution in [0.2, 0.25) is 10.0 Å². The fraction of sp³-hybridized carbons (Fsp3) is 0.263. The van der Waals surface area contributed by atoms with Crippen LogP contribution in [0.4, 0.5) is 5.00 Å². The van der Waals surface area contributed by atoms with Crippen molar-refractivity contribution in [3.05, 3.63) is 44.2 Å². The Labute approximate surface area is 191 Å². The van der Waals surface area contributed by atoms with Crippen LogP contribution in [0.1, 0.15) is 25.6 Å². The summed E-state index contributed by atoms with van der Waals surface area (Å²) in [6.45, 7) is -0.459. The number of halogens is 2. The van der Waals surface area contributed by atoms with Crippen molar-refractivity contribution in [1.29, 1.82) is 0 Å². The number of nitrogens with one attached hydrogen (secondary N) is 1. The number of hydrogen-bond donors (Lipinski definition) is 1. The van der Waals surface area contributed by atoms with Crippen molar-refractivity contribution in [3.8, 4) is 5.75 Å². The van der Waals surface area contributed by atoms with E-state index in [1.54, 1.807) is 0 Å². The third-order valence-corrected chi connectivity index (χ3v) is 5.48. The molecule has 0 aliphatic rings. The van der Waals surface area contributed by atoms with E-state index in [4.69, 9.17) is 37.4 Å². The van der Waals surface area contributed by atoms with Crippen molar-refractivity contribution in [1.82, 2.24) is 0 Å². The zero-order valence-corrected chi connectivity index (χ0v) is 18.9. The standard InChI is InChI=1S/C19H17Cl2NO8S/c1-27-14(24)7-10-15(18(25)28-2)17(31-16(10)19(26)29-3)22-13(23)8-30-12-5-4-9(20)6-11(12)21/h4-6H,7-8H2,1-3H3,(H,22,23). The molecule has 0 saturated heterocycles. The molecule has 9 nitrogen and oxygen atoms in total. The van der Waals surface area contributed by atoms with Crippen LogP contribution in [0.25, 0.3) is 0 Å². The fourth-order valence-corrected chi connectivity index (χ4v) is 4.02. The molecule has 1 aromatic carbocycles. The maximum absolute atomic E-state index is 12.4. The Morgan fingerprint density at radius 3 is 2.26 bits per heavy atom. The number of carbonyl (C=O) groups is 4. The summed E-state index contributed by atoms with van der Waals surface area (Å²) in [7, 11) is 3.42. The second kappa shape index (κ2) is 11.0. The lowest BCUT2D eigenvalue weighted by Crippen LogP contribution is -2.21. The number of rotatable bonds is 8. The molecule has 0 radical (unpaired) electrons. The number of anilines is 1. The van der Waals surface area contributed by atoms with E-state index in [1.165, 1.54) is 18.2 Å². The Balaban J connectivity index is 2.32. The van der Waals surface area contributed by atoms with E-state index < -0.39 is 36.8 Å². The van der Waals surface area contributed by atoms with Gasteiger partial charge in [0.05, 0.1) is 38.3 Å². The van der Waals surface area contributed by atoms with Crippen molar-refractivity contribution in [2.24, 2.45) is 0 Å². The molecule has 0 atom stereocenters. The Hall–Kier alpha value is -2.82. The molecule has 1 N–H and O–H groups in total. The fourth-order valence-electron chi connectivity index (χ4n) is 2.41. The van der Waals surface area contributed by atoms with Gasteiger partial charge in [-0.1, -0.05) is 23.2 Å². The molecular weight excluding hydrogens is 473 g/mol. The van der Waals surface area contributed by atoms with Crippen molar-refractivity contribution >= 4 is 63.4 Å². The van der Waals surface area contributed by atoms with Crippen LogP contribution in [0, 0.1) is 0 Å². The lowest BCUT2D eigenvalue weighted by Gasteiger charge is -2.09. The van der Waals surface area contributed by atoms with Gasteiger partial charge in [-0.15, -0.1) is 11.3 Å². The molecule has 1 amide bonds. The van der Waals surface area contributed by atoms with Crippen LogP contribution in [0.15, 0.2) is 18.2 Å². The highest BCUT2D eigenvalue weighted by molar-refractivity contribution is 7.18. The Morgan fingerprint density at radius 2 is 1.68 bits per heavy atom. The summed E-state index contributed by atoms with van der Waals surface area (Å²) >= 11 is 12.6. The SMILES string of the molecule is COC(=O)Cc1c(C(=O)OC)sc(NC(=O)COc2ccc(Cl)cc2Cl)c1C(=O)OC. The van der Waals surface area contributed by atoms with Gasteiger partial charge in [-0.25, -0.2) is 9.59 Å². The van der Waals surface area contributed by atoms with Gasteiger partial charge in [0, 0.05) is 10.6 Å². The molecule has 2 aromatic rings. The van der Waals surface area contributed by atoms with Crippen molar-refractivity contribution in [2.75, 3.05) is 33.3 Å². The number of ether oxygens (including phenoxy) is 4. The highest BCUT2D eigenvalue weighted by atomic mass is 35.5. The van der Waals surface area contributed by atoms with Crippen LogP contribution >= 0.6 is 34.5 Å². The van der Waals surface area contributed by atoms with E-state index in [0.717, 1.165) is 32.7 Å². The first-order valence-electron chi connectivity index (χ1n) is 8.48. The second-order valence-electron chi connectivity index (χ2n) is 5.76. The molecule has 2 rings (SSSR count). The first kappa shape index (κ1) is 24.4. The summed E-state index contributed by atoms with van der Waals surface area (Å²) in [5, 5.41) is 3.08. The monoisotopic (exact) mass is 489 g/mol. The van der Waals surface area contributed by atoms with Gasteiger partial charge in [0.15, 0.2) is 6.61 Å². The molecule has 31 heavy (non-hydrogen) atoms. The first-order chi connectivity index (χ1) is 14.7. The molecule has 0 aliphatic carbocycles. The topological polar surface area (TPSA) is 117 Å². The van der Waals surface area contributed by atoms with E-state index in [-0.39, 0.29) is 31.8 Å². The number of hydrogen-bond acceptors (Lipinski definition) is 9. The normalized spacial score (nSPS) is 10.2. The lowest BCUT2D eigenvalue weighted by atomic mass is 10.1. The number of methoxy groups -OCH3 is 3. The van der Waals surface area contributed by atoms with Gasteiger partial charge >= 0.3 is 17.9 Å². The van der Waals surface area contributed by atoms with E-state index in [9.17, 15) is 19.2 Å². The summed E-state index contributed by atoms with van der Waals surface area (Å²) in [6.07, 6.45) is -0.408. The van der Waals surface area contributed by atoms with Crippen LogP contribution in [-0.2, 0) is 30.2 Å². The van der Waals surface area contributed by atoms with E-state index in [1.807, 2.05) is 0 Å². The Bertz CT molecular complexity index is 1020. The summed E-state index contributed by atoms with van der Waals surface area (Å²) in [4.78, 5) is 48.7. The molecule has 0 unspecified atom stereocenters. The number of thiophene rings is 1. The third kappa shape index (κ3) is 6.09. The zero-order chi connectivity index (χ0) is 23.1. The largest absolute Gasteiger partial charge is 0.482 e. The van der Waals surface area contributed by atoms with Crippen molar-refractivity contribution in [3.63, 3.8) is 0 Å². The molecule has 0 aliphatic heterocycles. The maximum atomic E-state index is 12.4. The third-order valence-electron chi connectivity index (χ3n) is 3.82. The summed E-state index contributed by atoms with van der Waals surface area (Å²) in [6, 6.07) is 4.48. The van der Waals surface area contributed by atoms with Gasteiger partial charge in [-0.05, 0) is 18.2 Å². The van der Waals surface area contributed by atoms with Crippen LogP contribution < -0.4 is 10.1 Å². The number of carbonyl (C=O) groups excluding carboxylic acids is 4. The average Bonchev–Trinajstić information content (AvgIpc) is 3.09. The number of esters is 3. The second-order valence-corrected chi connectivity index (χ2v) is 7.63. The average molecular weight is 490 g/mol. The zero-order valence-electron chi connectivity index (χ0n) is 16.6. The molecule has 1 heterocycles. The highest BCUT2D eigenvalue weighted by Gasteiger charge is 2.30. The molecule has 166 valence electrons. The van der Waals surface area contributed by atoms with E-state index in [0.29, 0.717) is 5.02 Å². The van der Waals surface area contributed by atoms with Crippen LogP contribution in [0.5, 0.6) is 5.75 Å². The van der Waals surface area contributed by atoms with E-state index in [2.05, 4.69) is 10.1 Å². The van der Waals surface area contributed by atoms with Crippen molar-refractivity contribution in [2.45, 2.75) is 6.42 Å². The minimum atomic E-state index is -0.859. The minimum absolute atomic E-state index is 0.0121. The van der Waals surface area contributed by atoms with Gasteiger partial charge in [0.2, 0.25) is 0 Å². The van der Waals surface area contributed by atoms with Gasteiger partial charge < -0.3 is 24.3 Å². The molecule has 0 fully saturated rings.